The summed E-state index contributed by atoms with van der Waals surface area (Å²) in [7, 11) is -3.78. The van der Waals surface area contributed by atoms with Gasteiger partial charge < -0.3 is 10.4 Å². The van der Waals surface area contributed by atoms with E-state index in [-0.39, 0.29) is 27.5 Å². The number of amides is 1. The summed E-state index contributed by atoms with van der Waals surface area (Å²) < 4.78 is 24.8. The summed E-state index contributed by atoms with van der Waals surface area (Å²) in [5.74, 6) is -0.267. The van der Waals surface area contributed by atoms with Gasteiger partial charge in [-0.2, -0.15) is 0 Å². The SMILES string of the molecule is CC(C)CC1N=C(Nc2ccc(Cl)c(S(=O)(=O)C(C)C)c2O)NC1=O. The van der Waals surface area contributed by atoms with E-state index in [1.807, 2.05) is 13.8 Å². The topological polar surface area (TPSA) is 108 Å². The van der Waals surface area contributed by atoms with Gasteiger partial charge in [-0.1, -0.05) is 25.4 Å². The van der Waals surface area contributed by atoms with Crippen molar-refractivity contribution < 1.29 is 18.3 Å². The van der Waals surface area contributed by atoms with Crippen molar-refractivity contribution in [3.8, 4) is 5.75 Å². The van der Waals surface area contributed by atoms with Gasteiger partial charge in [0, 0.05) is 0 Å². The predicted molar refractivity (Wildman–Crippen MR) is 97.9 cm³/mol. The molecule has 1 aromatic rings. The lowest BCUT2D eigenvalue weighted by Crippen LogP contribution is -2.33. The number of guanidine groups is 1. The third-order valence-corrected chi connectivity index (χ3v) is 6.42. The quantitative estimate of drug-likeness (QED) is 0.673. The molecule has 0 fully saturated rings. The summed E-state index contributed by atoms with van der Waals surface area (Å²) in [4.78, 5) is 15.8. The van der Waals surface area contributed by atoms with E-state index in [0.717, 1.165) is 0 Å². The summed E-state index contributed by atoms with van der Waals surface area (Å²) in [6, 6.07) is 2.30. The Morgan fingerprint density at radius 1 is 1.32 bits per heavy atom. The van der Waals surface area contributed by atoms with E-state index in [2.05, 4.69) is 15.6 Å². The lowest BCUT2D eigenvalue weighted by atomic mass is 10.0. The van der Waals surface area contributed by atoms with E-state index in [1.54, 1.807) is 0 Å². The predicted octanol–water partition coefficient (Wildman–Crippen LogP) is 2.54. The van der Waals surface area contributed by atoms with Crippen LogP contribution in [0.4, 0.5) is 5.69 Å². The molecule has 1 amide bonds. The summed E-state index contributed by atoms with van der Waals surface area (Å²) in [5, 5.41) is 14.9. The Kier molecular flexibility index (Phi) is 5.63. The molecular formula is C16H22ClN3O4S. The van der Waals surface area contributed by atoms with Crippen molar-refractivity contribution in [2.45, 2.75) is 50.3 Å². The fraction of sp³-hybridized carbons (Fsp3) is 0.500. The molecule has 9 heteroatoms. The monoisotopic (exact) mass is 387 g/mol. The molecular weight excluding hydrogens is 366 g/mol. The average Bonchev–Trinajstić information content (AvgIpc) is 2.81. The van der Waals surface area contributed by atoms with Gasteiger partial charge in [0.1, 0.15) is 10.9 Å². The Hall–Kier alpha value is -1.80. The Balaban J connectivity index is 2.35. The average molecular weight is 388 g/mol. The van der Waals surface area contributed by atoms with Gasteiger partial charge in [0.25, 0.3) is 5.91 Å². The smallest absolute Gasteiger partial charge is 0.251 e. The zero-order valence-electron chi connectivity index (χ0n) is 14.5. The van der Waals surface area contributed by atoms with Crippen LogP contribution in [0.1, 0.15) is 34.1 Å². The second kappa shape index (κ2) is 7.21. The highest BCUT2D eigenvalue weighted by Crippen LogP contribution is 2.38. The van der Waals surface area contributed by atoms with Gasteiger partial charge in [0.15, 0.2) is 15.6 Å². The molecule has 1 aliphatic rings. The highest BCUT2D eigenvalue weighted by molar-refractivity contribution is 7.92. The fourth-order valence-corrected chi connectivity index (χ4v) is 4.06. The number of nitrogens with one attached hydrogen (secondary N) is 2. The van der Waals surface area contributed by atoms with E-state index >= 15 is 0 Å². The number of sulfone groups is 1. The summed E-state index contributed by atoms with van der Waals surface area (Å²) in [5.41, 5.74) is 0.105. The standard InChI is InChI=1S/C16H22ClN3O4S/c1-8(2)7-12-15(22)20-16(19-12)18-11-6-5-10(17)14(13(11)21)25(23,24)9(3)4/h5-6,8-9,12,21H,7H2,1-4H3,(H2,18,19,20,22). The highest BCUT2D eigenvalue weighted by Gasteiger charge is 2.30. The first-order valence-electron chi connectivity index (χ1n) is 7.95. The van der Waals surface area contributed by atoms with Crippen LogP contribution in [0.3, 0.4) is 0 Å². The molecule has 25 heavy (non-hydrogen) atoms. The molecule has 1 aromatic carbocycles. The van der Waals surface area contributed by atoms with Crippen LogP contribution in [-0.2, 0) is 14.6 Å². The first-order chi connectivity index (χ1) is 11.5. The molecule has 0 aliphatic carbocycles. The summed E-state index contributed by atoms with van der Waals surface area (Å²) in [6.07, 6.45) is 0.594. The number of benzene rings is 1. The molecule has 0 aromatic heterocycles. The Morgan fingerprint density at radius 3 is 2.52 bits per heavy atom. The van der Waals surface area contributed by atoms with Crippen molar-refractivity contribution in [2.24, 2.45) is 10.9 Å². The number of aromatic hydroxyl groups is 1. The third kappa shape index (κ3) is 4.07. The van der Waals surface area contributed by atoms with Crippen LogP contribution in [0.15, 0.2) is 22.0 Å². The van der Waals surface area contributed by atoms with Crippen molar-refractivity contribution in [3.05, 3.63) is 17.2 Å². The molecule has 3 N–H and O–H groups in total. The molecule has 1 aliphatic heterocycles. The molecule has 0 saturated heterocycles. The zero-order valence-corrected chi connectivity index (χ0v) is 16.1. The van der Waals surface area contributed by atoms with Crippen LogP contribution in [-0.4, -0.2) is 36.7 Å². The van der Waals surface area contributed by atoms with Crippen molar-refractivity contribution in [1.29, 1.82) is 0 Å². The van der Waals surface area contributed by atoms with Gasteiger partial charge in [0.2, 0.25) is 5.96 Å². The Morgan fingerprint density at radius 2 is 1.96 bits per heavy atom. The van der Waals surface area contributed by atoms with Crippen LogP contribution < -0.4 is 10.6 Å². The minimum absolute atomic E-state index is 0.0631. The van der Waals surface area contributed by atoms with Crippen LogP contribution in [0.2, 0.25) is 5.02 Å². The van der Waals surface area contributed by atoms with Gasteiger partial charge >= 0.3 is 0 Å². The summed E-state index contributed by atoms with van der Waals surface area (Å²) >= 11 is 5.98. The van der Waals surface area contributed by atoms with Crippen molar-refractivity contribution in [3.63, 3.8) is 0 Å². The highest BCUT2D eigenvalue weighted by atomic mass is 35.5. The van der Waals surface area contributed by atoms with Gasteiger partial charge in [-0.15, -0.1) is 0 Å². The molecule has 1 heterocycles. The van der Waals surface area contributed by atoms with Gasteiger partial charge in [0.05, 0.1) is 16.0 Å². The maximum atomic E-state index is 12.4. The molecule has 7 nitrogen and oxygen atoms in total. The Labute approximate surface area is 152 Å². The van der Waals surface area contributed by atoms with Crippen molar-refractivity contribution in [1.82, 2.24) is 5.32 Å². The van der Waals surface area contributed by atoms with Crippen LogP contribution in [0.5, 0.6) is 5.75 Å². The molecule has 0 saturated carbocycles. The first-order valence-corrected chi connectivity index (χ1v) is 9.87. The van der Waals surface area contributed by atoms with E-state index in [4.69, 9.17) is 11.6 Å². The number of hydrogen-bond donors (Lipinski definition) is 3. The maximum Gasteiger partial charge on any atom is 0.251 e. The molecule has 0 radical (unpaired) electrons. The number of nitrogens with zero attached hydrogens (tertiary/aromatic N) is 1. The number of halogens is 1. The van der Waals surface area contributed by atoms with E-state index < -0.39 is 26.9 Å². The normalized spacial score (nSPS) is 17.8. The maximum absolute atomic E-state index is 12.4. The van der Waals surface area contributed by atoms with Gasteiger partial charge in [-0.05, 0) is 38.3 Å². The number of phenolic OH excluding ortho intramolecular Hbond substituents is 1. The fourth-order valence-electron chi connectivity index (χ4n) is 2.40. The largest absolute Gasteiger partial charge is 0.504 e. The number of aliphatic imine (C=N–C) groups is 1. The van der Waals surface area contributed by atoms with Gasteiger partial charge in [-0.25, -0.2) is 13.4 Å². The minimum atomic E-state index is -3.78. The number of carbonyl (C=O) groups excluding carboxylic acids is 1. The first kappa shape index (κ1) is 19.5. The molecule has 1 atom stereocenters. The van der Waals surface area contributed by atoms with Crippen LogP contribution in [0, 0.1) is 5.92 Å². The Bertz CT molecular complexity index is 819. The number of carbonyl (C=O) groups is 1. The van der Waals surface area contributed by atoms with E-state index in [9.17, 15) is 18.3 Å². The minimum Gasteiger partial charge on any atom is -0.504 e. The van der Waals surface area contributed by atoms with E-state index in [1.165, 1.54) is 26.0 Å². The van der Waals surface area contributed by atoms with E-state index in [0.29, 0.717) is 12.3 Å². The number of phenols is 1. The zero-order chi connectivity index (χ0) is 18.9. The number of anilines is 1. The van der Waals surface area contributed by atoms with Crippen LogP contribution >= 0.6 is 11.6 Å². The number of rotatable bonds is 5. The lowest BCUT2D eigenvalue weighted by molar-refractivity contribution is -0.120. The summed E-state index contributed by atoms with van der Waals surface area (Å²) in [6.45, 7) is 6.98. The molecule has 0 bridgehead atoms. The second-order valence-electron chi connectivity index (χ2n) is 6.60. The van der Waals surface area contributed by atoms with Crippen molar-refractivity contribution in [2.75, 3.05) is 5.32 Å². The van der Waals surface area contributed by atoms with Gasteiger partial charge in [-0.3, -0.25) is 10.1 Å². The number of hydrogen-bond acceptors (Lipinski definition) is 6. The molecule has 1 unspecified atom stereocenters. The third-order valence-electron chi connectivity index (χ3n) is 3.77. The lowest BCUT2D eigenvalue weighted by Gasteiger charge is -2.15. The second-order valence-corrected chi connectivity index (χ2v) is 9.45. The van der Waals surface area contributed by atoms with Crippen molar-refractivity contribution >= 4 is 39.0 Å². The molecule has 138 valence electrons. The van der Waals surface area contributed by atoms with Crippen LogP contribution in [0.25, 0.3) is 0 Å². The molecule has 2 rings (SSSR count). The molecule has 0 spiro atoms.